The number of rotatable bonds is 3. The predicted molar refractivity (Wildman–Crippen MR) is 112 cm³/mol. The number of hydrogen-bond acceptors (Lipinski definition) is 5. The highest BCUT2D eigenvalue weighted by atomic mass is 16.3. The van der Waals surface area contributed by atoms with E-state index < -0.39 is 0 Å². The molecular formula is C22H18N6O. The molecule has 6 rings (SSSR count). The summed E-state index contributed by atoms with van der Waals surface area (Å²) in [5.74, 6) is 0. The van der Waals surface area contributed by atoms with Gasteiger partial charge in [0, 0.05) is 40.8 Å². The van der Waals surface area contributed by atoms with Gasteiger partial charge in [0.1, 0.15) is 0 Å². The van der Waals surface area contributed by atoms with E-state index in [0.717, 1.165) is 64.0 Å². The van der Waals surface area contributed by atoms with E-state index in [1.165, 1.54) is 5.57 Å². The molecule has 6 heterocycles. The molecule has 29 heavy (non-hydrogen) atoms. The lowest BCUT2D eigenvalue weighted by molar-refractivity contribution is 0.568. The first-order valence-corrected chi connectivity index (χ1v) is 9.62. The van der Waals surface area contributed by atoms with E-state index >= 15 is 0 Å². The van der Waals surface area contributed by atoms with E-state index in [9.17, 15) is 0 Å². The fourth-order valence-electron chi connectivity index (χ4n) is 3.98. The average molecular weight is 382 g/mol. The largest absolute Gasteiger partial charge is 0.472 e. The number of aromatic nitrogens is 5. The molecule has 0 atom stereocenters. The van der Waals surface area contributed by atoms with Crippen molar-refractivity contribution in [3.8, 4) is 22.6 Å². The van der Waals surface area contributed by atoms with Crippen LogP contribution >= 0.6 is 0 Å². The van der Waals surface area contributed by atoms with Crippen molar-refractivity contribution in [3.05, 3.63) is 60.8 Å². The van der Waals surface area contributed by atoms with E-state index in [1.54, 1.807) is 18.7 Å². The van der Waals surface area contributed by atoms with Crippen molar-refractivity contribution in [1.82, 2.24) is 30.5 Å². The van der Waals surface area contributed by atoms with Crippen LogP contribution in [0.1, 0.15) is 12.0 Å². The molecule has 142 valence electrons. The van der Waals surface area contributed by atoms with Crippen LogP contribution in [0.5, 0.6) is 0 Å². The number of pyridine rings is 2. The Labute approximate surface area is 165 Å². The Morgan fingerprint density at radius 2 is 2.03 bits per heavy atom. The number of nitrogens with one attached hydrogen (secondary N) is 3. The van der Waals surface area contributed by atoms with Gasteiger partial charge in [-0.1, -0.05) is 6.08 Å². The molecule has 0 amide bonds. The van der Waals surface area contributed by atoms with Crippen molar-refractivity contribution >= 4 is 27.5 Å². The zero-order chi connectivity index (χ0) is 19.2. The van der Waals surface area contributed by atoms with Crippen molar-refractivity contribution in [2.45, 2.75) is 6.42 Å². The summed E-state index contributed by atoms with van der Waals surface area (Å²) in [5, 5.41) is 13.0. The maximum Gasteiger partial charge on any atom is 0.181 e. The van der Waals surface area contributed by atoms with Crippen LogP contribution in [-0.4, -0.2) is 38.2 Å². The van der Waals surface area contributed by atoms with Gasteiger partial charge in [-0.3, -0.25) is 10.1 Å². The zero-order valence-electron chi connectivity index (χ0n) is 15.6. The summed E-state index contributed by atoms with van der Waals surface area (Å²) in [7, 11) is 0. The summed E-state index contributed by atoms with van der Waals surface area (Å²) in [6.45, 7) is 1.89. The summed E-state index contributed by atoms with van der Waals surface area (Å²) in [6, 6.07) is 8.18. The van der Waals surface area contributed by atoms with Gasteiger partial charge in [-0.05, 0) is 48.4 Å². The van der Waals surface area contributed by atoms with Crippen LogP contribution in [0.3, 0.4) is 0 Å². The molecule has 5 aromatic heterocycles. The minimum absolute atomic E-state index is 0.713. The van der Waals surface area contributed by atoms with Gasteiger partial charge in [-0.25, -0.2) is 4.98 Å². The predicted octanol–water partition coefficient (Wildman–Crippen LogP) is 4.14. The van der Waals surface area contributed by atoms with Gasteiger partial charge in [0.15, 0.2) is 5.65 Å². The number of hydrogen-bond donors (Lipinski definition) is 3. The summed E-state index contributed by atoms with van der Waals surface area (Å²) in [4.78, 5) is 12.6. The Morgan fingerprint density at radius 3 is 2.90 bits per heavy atom. The number of fused-ring (bicyclic) bond motifs is 2. The van der Waals surface area contributed by atoms with Crippen molar-refractivity contribution in [2.75, 3.05) is 13.1 Å². The Balaban J connectivity index is 1.50. The minimum atomic E-state index is 0.713. The molecule has 0 fully saturated rings. The van der Waals surface area contributed by atoms with Crippen LogP contribution in [-0.2, 0) is 0 Å². The monoisotopic (exact) mass is 382 g/mol. The third-order valence-corrected chi connectivity index (χ3v) is 5.46. The van der Waals surface area contributed by atoms with Crippen molar-refractivity contribution < 1.29 is 4.42 Å². The number of nitrogens with zero attached hydrogens (tertiary/aromatic N) is 3. The Kier molecular flexibility index (Phi) is 3.60. The summed E-state index contributed by atoms with van der Waals surface area (Å²) in [6.07, 6.45) is 10.3. The zero-order valence-corrected chi connectivity index (χ0v) is 15.6. The van der Waals surface area contributed by atoms with Crippen LogP contribution in [0.2, 0.25) is 0 Å². The fourth-order valence-corrected chi connectivity index (χ4v) is 3.98. The van der Waals surface area contributed by atoms with E-state index in [4.69, 9.17) is 4.42 Å². The molecule has 3 N–H and O–H groups in total. The number of H-pyrrole nitrogens is 2. The second-order valence-electron chi connectivity index (χ2n) is 7.19. The summed E-state index contributed by atoms with van der Waals surface area (Å²) >= 11 is 0. The van der Waals surface area contributed by atoms with E-state index in [2.05, 4.69) is 48.7 Å². The lowest BCUT2D eigenvalue weighted by Gasteiger charge is -2.13. The Hall–Kier alpha value is -3.71. The molecule has 7 nitrogen and oxygen atoms in total. The maximum absolute atomic E-state index is 5.24. The van der Waals surface area contributed by atoms with Gasteiger partial charge in [0.05, 0.1) is 29.6 Å². The van der Waals surface area contributed by atoms with Crippen LogP contribution in [0.15, 0.2) is 59.7 Å². The molecule has 0 bridgehead atoms. The molecule has 0 saturated heterocycles. The maximum atomic E-state index is 5.24. The molecule has 0 radical (unpaired) electrons. The van der Waals surface area contributed by atoms with Gasteiger partial charge in [0.2, 0.25) is 0 Å². The van der Waals surface area contributed by atoms with Crippen LogP contribution < -0.4 is 5.32 Å². The lowest BCUT2D eigenvalue weighted by Crippen LogP contribution is -2.20. The first kappa shape index (κ1) is 16.3. The van der Waals surface area contributed by atoms with Gasteiger partial charge in [0.25, 0.3) is 0 Å². The topological polar surface area (TPSA) is 95.4 Å². The van der Waals surface area contributed by atoms with Crippen LogP contribution in [0, 0.1) is 0 Å². The molecule has 0 unspecified atom stereocenters. The number of furan rings is 1. The van der Waals surface area contributed by atoms with E-state index in [0.29, 0.717) is 5.65 Å². The summed E-state index contributed by atoms with van der Waals surface area (Å²) < 4.78 is 5.24. The SMILES string of the molecule is C1=C(c2cnc3n[nH]c(-c4cc5c(-c6ccoc6)nccc5[nH]4)c3c2)CCNC1. The molecular weight excluding hydrogens is 364 g/mol. The molecule has 0 saturated carbocycles. The minimum Gasteiger partial charge on any atom is -0.472 e. The molecule has 5 aromatic rings. The highest BCUT2D eigenvalue weighted by Crippen LogP contribution is 2.33. The lowest BCUT2D eigenvalue weighted by atomic mass is 10.0. The highest BCUT2D eigenvalue weighted by molar-refractivity contribution is 5.99. The summed E-state index contributed by atoms with van der Waals surface area (Å²) in [5.41, 5.74) is 7.94. The quantitative estimate of drug-likeness (QED) is 0.436. The Morgan fingerprint density at radius 1 is 1.03 bits per heavy atom. The van der Waals surface area contributed by atoms with E-state index in [-0.39, 0.29) is 0 Å². The fraction of sp³-hybridized carbons (Fsp3) is 0.136. The second-order valence-corrected chi connectivity index (χ2v) is 7.19. The van der Waals surface area contributed by atoms with Crippen molar-refractivity contribution in [1.29, 1.82) is 0 Å². The second kappa shape index (κ2) is 6.42. The van der Waals surface area contributed by atoms with Gasteiger partial charge in [-0.2, -0.15) is 5.10 Å². The van der Waals surface area contributed by atoms with Crippen LogP contribution in [0.4, 0.5) is 0 Å². The first-order valence-electron chi connectivity index (χ1n) is 9.62. The first-order chi connectivity index (χ1) is 14.4. The molecule has 0 aliphatic carbocycles. The molecule has 0 aromatic carbocycles. The molecule has 1 aliphatic heterocycles. The standard InChI is InChI=1S/C22H18N6O/c1-5-23-6-2-13(1)15-9-17-21(27-28-22(17)25-11-15)19-10-16-18(26-19)3-7-24-20(16)14-4-8-29-12-14/h1,3-4,7-12,23,26H,2,5-6H2,(H,25,27,28). The smallest absolute Gasteiger partial charge is 0.181 e. The highest BCUT2D eigenvalue weighted by Gasteiger charge is 2.16. The van der Waals surface area contributed by atoms with E-state index in [1.807, 2.05) is 18.3 Å². The van der Waals surface area contributed by atoms with Crippen molar-refractivity contribution in [2.24, 2.45) is 0 Å². The Bertz CT molecular complexity index is 1360. The molecule has 7 heteroatoms. The molecule has 0 spiro atoms. The molecule has 1 aliphatic rings. The number of aromatic amines is 2. The average Bonchev–Trinajstić information content (AvgIpc) is 3.52. The normalized spacial score (nSPS) is 14.6. The third kappa shape index (κ3) is 2.67. The van der Waals surface area contributed by atoms with Gasteiger partial charge >= 0.3 is 0 Å². The van der Waals surface area contributed by atoms with Gasteiger partial charge in [-0.15, -0.1) is 0 Å². The van der Waals surface area contributed by atoms with Crippen molar-refractivity contribution in [3.63, 3.8) is 0 Å². The van der Waals surface area contributed by atoms with Gasteiger partial charge < -0.3 is 14.7 Å². The van der Waals surface area contributed by atoms with Crippen LogP contribution in [0.25, 0.3) is 50.2 Å². The third-order valence-electron chi connectivity index (χ3n) is 5.46.